The minimum absolute atomic E-state index is 0.000933. The average Bonchev–Trinajstić information content (AvgIpc) is 2.60. The first-order valence-corrected chi connectivity index (χ1v) is 8.42. The summed E-state index contributed by atoms with van der Waals surface area (Å²) in [6, 6.07) is 14.9. The molecule has 2 aromatic rings. The quantitative estimate of drug-likeness (QED) is 0.691. The van der Waals surface area contributed by atoms with Crippen LogP contribution >= 0.6 is 11.6 Å². The van der Waals surface area contributed by atoms with Gasteiger partial charge in [-0.2, -0.15) is 0 Å². The van der Waals surface area contributed by atoms with Crippen LogP contribution in [0.15, 0.2) is 48.5 Å². The zero-order chi connectivity index (χ0) is 17.2. The third-order valence-corrected chi connectivity index (χ3v) is 3.63. The number of halogens is 1. The Morgan fingerprint density at radius 2 is 1.83 bits per heavy atom. The van der Waals surface area contributed by atoms with Gasteiger partial charge in [0.2, 0.25) is 5.91 Å². The van der Waals surface area contributed by atoms with Crippen molar-refractivity contribution in [2.24, 2.45) is 0 Å². The molecule has 128 valence electrons. The fourth-order valence-corrected chi connectivity index (χ4v) is 2.31. The maximum absolute atomic E-state index is 11.9. The Hall–Kier alpha value is -2.20. The molecule has 2 rings (SSSR count). The van der Waals surface area contributed by atoms with Gasteiger partial charge in [-0.25, -0.2) is 0 Å². The molecule has 1 N–H and O–H groups in total. The Morgan fingerprint density at radius 1 is 1.08 bits per heavy atom. The Bertz CT molecular complexity index is 643. The van der Waals surface area contributed by atoms with Gasteiger partial charge in [-0.1, -0.05) is 29.8 Å². The summed E-state index contributed by atoms with van der Waals surface area (Å²) in [7, 11) is 0. The van der Waals surface area contributed by atoms with E-state index in [1.165, 1.54) is 0 Å². The number of amides is 1. The number of carbonyl (C=O) groups excluding carboxylic acids is 1. The highest BCUT2D eigenvalue weighted by Crippen LogP contribution is 2.18. The van der Waals surface area contributed by atoms with Gasteiger partial charge in [0.1, 0.15) is 11.5 Å². The van der Waals surface area contributed by atoms with E-state index >= 15 is 0 Å². The van der Waals surface area contributed by atoms with Crippen LogP contribution in [0.4, 0.5) is 0 Å². The second-order valence-electron chi connectivity index (χ2n) is 5.22. The minimum Gasteiger partial charge on any atom is -0.494 e. The highest BCUT2D eigenvalue weighted by Gasteiger charge is 2.05. The van der Waals surface area contributed by atoms with Gasteiger partial charge in [0.05, 0.1) is 13.2 Å². The number of benzene rings is 2. The Balaban J connectivity index is 1.67. The molecule has 2 aromatic carbocycles. The maximum atomic E-state index is 11.9. The molecule has 0 saturated heterocycles. The molecule has 0 saturated carbocycles. The third-order valence-electron chi connectivity index (χ3n) is 3.38. The fourth-order valence-electron chi connectivity index (χ4n) is 2.18. The van der Waals surface area contributed by atoms with Gasteiger partial charge >= 0.3 is 0 Å². The molecule has 0 aliphatic carbocycles. The van der Waals surface area contributed by atoms with Crippen LogP contribution in [0.3, 0.4) is 0 Å². The van der Waals surface area contributed by atoms with Crippen molar-refractivity contribution in [3.8, 4) is 11.5 Å². The number of hydrogen-bond donors (Lipinski definition) is 1. The summed E-state index contributed by atoms with van der Waals surface area (Å²) in [6.07, 6.45) is 1.08. The van der Waals surface area contributed by atoms with E-state index in [0.29, 0.717) is 37.6 Å². The van der Waals surface area contributed by atoms with Crippen LogP contribution in [0.2, 0.25) is 5.02 Å². The molecule has 0 heterocycles. The summed E-state index contributed by atoms with van der Waals surface area (Å²) >= 11 is 5.81. The first kappa shape index (κ1) is 18.1. The van der Waals surface area contributed by atoms with Crippen molar-refractivity contribution in [1.82, 2.24) is 5.32 Å². The van der Waals surface area contributed by atoms with Gasteiger partial charge in [-0.15, -0.1) is 0 Å². The van der Waals surface area contributed by atoms with Gasteiger partial charge in [-0.3, -0.25) is 4.79 Å². The molecule has 0 bridgehead atoms. The molecule has 24 heavy (non-hydrogen) atoms. The second kappa shape index (κ2) is 9.83. The van der Waals surface area contributed by atoms with Crippen molar-refractivity contribution >= 4 is 17.5 Å². The lowest BCUT2D eigenvalue weighted by Crippen LogP contribution is -2.23. The normalized spacial score (nSPS) is 10.2. The lowest BCUT2D eigenvalue weighted by atomic mass is 10.2. The molecule has 0 radical (unpaired) electrons. The van der Waals surface area contributed by atoms with Crippen LogP contribution in [-0.2, 0) is 11.3 Å². The van der Waals surface area contributed by atoms with Crippen molar-refractivity contribution < 1.29 is 14.3 Å². The second-order valence-corrected chi connectivity index (χ2v) is 5.66. The van der Waals surface area contributed by atoms with E-state index in [9.17, 15) is 4.79 Å². The van der Waals surface area contributed by atoms with Crippen molar-refractivity contribution in [1.29, 1.82) is 0 Å². The van der Waals surface area contributed by atoms with Gasteiger partial charge < -0.3 is 14.8 Å². The fraction of sp³-hybridized carbons (Fsp3) is 0.316. The van der Waals surface area contributed by atoms with Crippen molar-refractivity contribution in [2.75, 3.05) is 13.2 Å². The zero-order valence-corrected chi connectivity index (χ0v) is 14.5. The van der Waals surface area contributed by atoms with Crippen molar-refractivity contribution in [3.05, 3.63) is 59.1 Å². The molecule has 0 aromatic heterocycles. The number of rotatable bonds is 9. The molecule has 0 fully saturated rings. The summed E-state index contributed by atoms with van der Waals surface area (Å²) in [5, 5.41) is 3.59. The SMILES string of the molecule is CCOc1ccccc1CNC(=O)CCCOc1ccc(Cl)cc1. The topological polar surface area (TPSA) is 47.6 Å². The molecule has 0 atom stereocenters. The van der Waals surface area contributed by atoms with Gasteiger partial charge in [-0.05, 0) is 43.7 Å². The minimum atomic E-state index is 0.000933. The van der Waals surface area contributed by atoms with Gasteiger partial charge in [0.15, 0.2) is 0 Å². The van der Waals surface area contributed by atoms with Gasteiger partial charge in [0, 0.05) is 23.6 Å². The number of nitrogens with one attached hydrogen (secondary N) is 1. The van der Waals surface area contributed by atoms with Crippen molar-refractivity contribution in [3.63, 3.8) is 0 Å². The molecular formula is C19H22ClNO3. The largest absolute Gasteiger partial charge is 0.494 e. The first-order chi connectivity index (χ1) is 11.7. The number of para-hydroxylation sites is 1. The average molecular weight is 348 g/mol. The van der Waals surface area contributed by atoms with Crippen molar-refractivity contribution in [2.45, 2.75) is 26.3 Å². The maximum Gasteiger partial charge on any atom is 0.220 e. The molecule has 4 nitrogen and oxygen atoms in total. The lowest BCUT2D eigenvalue weighted by molar-refractivity contribution is -0.121. The molecule has 5 heteroatoms. The zero-order valence-electron chi connectivity index (χ0n) is 13.8. The predicted molar refractivity (Wildman–Crippen MR) is 95.6 cm³/mol. The molecule has 0 spiro atoms. The van der Waals surface area contributed by atoms with E-state index in [2.05, 4.69) is 5.32 Å². The third kappa shape index (κ3) is 6.13. The number of hydrogen-bond acceptors (Lipinski definition) is 3. The Morgan fingerprint density at radius 3 is 2.58 bits per heavy atom. The molecule has 0 aliphatic heterocycles. The van der Waals surface area contributed by atoms with Crippen LogP contribution in [0.5, 0.6) is 11.5 Å². The van der Waals surface area contributed by atoms with Gasteiger partial charge in [0.25, 0.3) is 0 Å². The van der Waals surface area contributed by atoms with Crippen LogP contribution in [0.1, 0.15) is 25.3 Å². The van der Waals surface area contributed by atoms with E-state index in [1.807, 2.05) is 43.3 Å². The monoisotopic (exact) mass is 347 g/mol. The highest BCUT2D eigenvalue weighted by atomic mass is 35.5. The lowest BCUT2D eigenvalue weighted by Gasteiger charge is -2.11. The molecular weight excluding hydrogens is 326 g/mol. The smallest absolute Gasteiger partial charge is 0.220 e. The standard InChI is InChI=1S/C19H22ClNO3/c1-2-23-18-7-4-3-6-15(18)14-21-19(22)8-5-13-24-17-11-9-16(20)10-12-17/h3-4,6-7,9-12H,2,5,8,13-14H2,1H3,(H,21,22). The number of carbonyl (C=O) groups is 1. The van der Waals surface area contributed by atoms with E-state index in [0.717, 1.165) is 17.1 Å². The molecule has 0 aliphatic rings. The van der Waals surface area contributed by atoms with Crippen LogP contribution in [-0.4, -0.2) is 19.1 Å². The Kier molecular flexibility index (Phi) is 7.43. The van der Waals surface area contributed by atoms with Crippen LogP contribution < -0.4 is 14.8 Å². The first-order valence-electron chi connectivity index (χ1n) is 8.05. The summed E-state index contributed by atoms with van der Waals surface area (Å²) in [5.41, 5.74) is 0.977. The highest BCUT2D eigenvalue weighted by molar-refractivity contribution is 6.30. The summed E-state index contributed by atoms with van der Waals surface area (Å²) in [4.78, 5) is 11.9. The van der Waals surface area contributed by atoms with Crippen LogP contribution in [0.25, 0.3) is 0 Å². The predicted octanol–water partition coefficient (Wildman–Crippen LogP) is 4.21. The Labute approximate surface area is 147 Å². The van der Waals surface area contributed by atoms with E-state index in [1.54, 1.807) is 12.1 Å². The summed E-state index contributed by atoms with van der Waals surface area (Å²) < 4.78 is 11.1. The molecule has 1 amide bonds. The van der Waals surface area contributed by atoms with E-state index in [-0.39, 0.29) is 5.91 Å². The van der Waals surface area contributed by atoms with E-state index in [4.69, 9.17) is 21.1 Å². The summed E-state index contributed by atoms with van der Waals surface area (Å²) in [6.45, 7) is 3.50. The molecule has 0 unspecified atom stereocenters. The summed E-state index contributed by atoms with van der Waals surface area (Å²) in [5.74, 6) is 1.57. The van der Waals surface area contributed by atoms with Crippen LogP contribution in [0, 0.1) is 0 Å². The van der Waals surface area contributed by atoms with E-state index < -0.39 is 0 Å². The number of ether oxygens (including phenoxy) is 2.